The van der Waals surface area contributed by atoms with E-state index >= 15 is 0 Å². The minimum atomic E-state index is -1.30. The molecule has 24 heavy (non-hydrogen) atoms. The number of hydrogen-bond acceptors (Lipinski definition) is 4. The van der Waals surface area contributed by atoms with Crippen molar-refractivity contribution in [2.45, 2.75) is 46.1 Å². The van der Waals surface area contributed by atoms with Crippen molar-refractivity contribution in [2.75, 3.05) is 13.1 Å². The molecule has 0 spiro atoms. The maximum atomic E-state index is 12.8. The van der Waals surface area contributed by atoms with Crippen molar-refractivity contribution < 1.29 is 19.8 Å². The Labute approximate surface area is 142 Å². The first kappa shape index (κ1) is 18.4. The van der Waals surface area contributed by atoms with Gasteiger partial charge in [0.15, 0.2) is 0 Å². The van der Waals surface area contributed by atoms with Crippen LogP contribution in [0, 0.1) is 18.3 Å². The lowest BCUT2D eigenvalue weighted by Crippen LogP contribution is -2.57. The molecule has 6 nitrogen and oxygen atoms in total. The van der Waals surface area contributed by atoms with Crippen LogP contribution >= 0.6 is 0 Å². The molecule has 0 radical (unpaired) electrons. The van der Waals surface area contributed by atoms with Crippen LogP contribution in [0.4, 0.5) is 0 Å². The number of rotatable bonds is 5. The van der Waals surface area contributed by atoms with Crippen LogP contribution < -0.4 is 0 Å². The third-order valence-corrected chi connectivity index (χ3v) is 4.88. The standard InChI is InChI=1S/C18H26N2O4/c1-12(2)6-8-18(17(23)24)11-20(10-7-14(18)21)16(22)15-13(3)5-4-9-19-15/h4-5,9,12,14,21H,6-8,10-11H2,1-3H3,(H,23,24)/t14-,18+/m0/s1. The van der Waals surface area contributed by atoms with Crippen molar-refractivity contribution in [2.24, 2.45) is 11.3 Å². The molecular formula is C18H26N2O4. The van der Waals surface area contributed by atoms with Crippen molar-refractivity contribution in [3.63, 3.8) is 0 Å². The second kappa shape index (κ2) is 7.30. The average Bonchev–Trinajstić information content (AvgIpc) is 2.53. The van der Waals surface area contributed by atoms with Gasteiger partial charge in [-0.2, -0.15) is 0 Å². The number of carboxylic acids is 1. The molecule has 2 N–H and O–H groups in total. The molecule has 0 saturated carbocycles. The number of hydrogen-bond donors (Lipinski definition) is 2. The number of carbonyl (C=O) groups excluding carboxylic acids is 1. The Morgan fingerprint density at radius 1 is 1.46 bits per heavy atom. The Bertz CT molecular complexity index is 617. The van der Waals surface area contributed by atoms with E-state index in [0.717, 1.165) is 5.56 Å². The number of carbonyl (C=O) groups is 2. The summed E-state index contributed by atoms with van der Waals surface area (Å²) in [6.07, 6.45) is 1.92. The summed E-state index contributed by atoms with van der Waals surface area (Å²) < 4.78 is 0. The van der Waals surface area contributed by atoms with Crippen LogP contribution in [0.1, 0.15) is 49.2 Å². The van der Waals surface area contributed by atoms with Gasteiger partial charge in [-0.3, -0.25) is 14.6 Å². The zero-order valence-corrected chi connectivity index (χ0v) is 14.5. The minimum Gasteiger partial charge on any atom is -0.481 e. The average molecular weight is 334 g/mol. The number of aliphatic hydroxyl groups excluding tert-OH is 1. The highest BCUT2D eigenvalue weighted by Crippen LogP contribution is 2.37. The molecule has 1 saturated heterocycles. The van der Waals surface area contributed by atoms with E-state index in [4.69, 9.17) is 0 Å². The van der Waals surface area contributed by atoms with Crippen LogP contribution in [0.5, 0.6) is 0 Å². The predicted molar refractivity (Wildman–Crippen MR) is 89.6 cm³/mol. The first-order valence-electron chi connectivity index (χ1n) is 8.40. The Morgan fingerprint density at radius 2 is 2.17 bits per heavy atom. The zero-order valence-electron chi connectivity index (χ0n) is 14.5. The number of amides is 1. The number of pyridine rings is 1. The van der Waals surface area contributed by atoms with E-state index in [1.807, 2.05) is 26.8 Å². The first-order valence-corrected chi connectivity index (χ1v) is 8.40. The monoisotopic (exact) mass is 334 g/mol. The van der Waals surface area contributed by atoms with Gasteiger partial charge in [0.2, 0.25) is 0 Å². The number of aliphatic carboxylic acids is 1. The lowest BCUT2D eigenvalue weighted by atomic mass is 9.72. The summed E-state index contributed by atoms with van der Waals surface area (Å²) in [5.41, 5.74) is -0.199. The van der Waals surface area contributed by atoms with E-state index < -0.39 is 17.5 Å². The molecule has 2 atom stereocenters. The summed E-state index contributed by atoms with van der Waals surface area (Å²) >= 11 is 0. The molecule has 132 valence electrons. The van der Waals surface area contributed by atoms with Crippen molar-refractivity contribution >= 4 is 11.9 Å². The van der Waals surface area contributed by atoms with Crippen LogP contribution in [0.15, 0.2) is 18.3 Å². The summed E-state index contributed by atoms with van der Waals surface area (Å²) in [6, 6.07) is 3.57. The molecule has 1 fully saturated rings. The van der Waals surface area contributed by atoms with E-state index in [1.54, 1.807) is 12.3 Å². The van der Waals surface area contributed by atoms with Crippen molar-refractivity contribution in [3.8, 4) is 0 Å². The molecule has 6 heteroatoms. The lowest BCUT2D eigenvalue weighted by Gasteiger charge is -2.43. The number of aromatic nitrogens is 1. The van der Waals surface area contributed by atoms with Gasteiger partial charge >= 0.3 is 5.97 Å². The Kier molecular flexibility index (Phi) is 5.59. The van der Waals surface area contributed by atoms with Crippen LogP contribution in [-0.2, 0) is 4.79 Å². The van der Waals surface area contributed by atoms with Gasteiger partial charge in [0.1, 0.15) is 11.1 Å². The number of likely N-dealkylation sites (tertiary alicyclic amines) is 1. The second-order valence-electron chi connectivity index (χ2n) is 7.09. The van der Waals surface area contributed by atoms with Gasteiger partial charge in [-0.1, -0.05) is 19.9 Å². The van der Waals surface area contributed by atoms with Crippen LogP contribution in [0.2, 0.25) is 0 Å². The van der Waals surface area contributed by atoms with Gasteiger partial charge in [0, 0.05) is 19.3 Å². The summed E-state index contributed by atoms with van der Waals surface area (Å²) in [4.78, 5) is 30.4. The van der Waals surface area contributed by atoms with Gasteiger partial charge in [0.05, 0.1) is 6.10 Å². The largest absolute Gasteiger partial charge is 0.481 e. The number of nitrogens with zero attached hydrogens (tertiary/aromatic N) is 2. The van der Waals surface area contributed by atoms with E-state index in [9.17, 15) is 19.8 Å². The normalized spacial score (nSPS) is 24.2. The van der Waals surface area contributed by atoms with Gasteiger partial charge < -0.3 is 15.1 Å². The highest BCUT2D eigenvalue weighted by molar-refractivity contribution is 5.94. The van der Waals surface area contributed by atoms with E-state index in [0.29, 0.717) is 31.0 Å². The smallest absolute Gasteiger partial charge is 0.314 e. The molecule has 1 amide bonds. The van der Waals surface area contributed by atoms with Gasteiger partial charge in [-0.25, -0.2) is 0 Å². The van der Waals surface area contributed by atoms with Crippen molar-refractivity contribution in [3.05, 3.63) is 29.6 Å². The summed E-state index contributed by atoms with van der Waals surface area (Å²) in [6.45, 7) is 6.20. The zero-order chi connectivity index (χ0) is 17.9. The molecular weight excluding hydrogens is 308 g/mol. The lowest BCUT2D eigenvalue weighted by molar-refractivity contribution is -0.163. The Morgan fingerprint density at radius 3 is 2.75 bits per heavy atom. The van der Waals surface area contributed by atoms with E-state index in [-0.39, 0.29) is 18.9 Å². The fraction of sp³-hybridized carbons (Fsp3) is 0.611. The third kappa shape index (κ3) is 3.59. The summed E-state index contributed by atoms with van der Waals surface area (Å²) in [5.74, 6) is -0.974. The Balaban J connectivity index is 2.26. The maximum absolute atomic E-state index is 12.8. The molecule has 1 aliphatic heterocycles. The highest BCUT2D eigenvalue weighted by Gasteiger charge is 2.50. The quantitative estimate of drug-likeness (QED) is 0.860. The summed E-state index contributed by atoms with van der Waals surface area (Å²) in [5, 5.41) is 20.2. The molecule has 1 aromatic rings. The number of carboxylic acid groups (broad SMARTS) is 1. The van der Waals surface area contributed by atoms with Gasteiger partial charge in [0.25, 0.3) is 5.91 Å². The SMILES string of the molecule is Cc1cccnc1C(=O)N1CC[C@H](O)[C@](CCC(C)C)(C(=O)O)C1. The number of aryl methyl sites for hydroxylation is 1. The molecule has 0 bridgehead atoms. The maximum Gasteiger partial charge on any atom is 0.314 e. The van der Waals surface area contributed by atoms with Gasteiger partial charge in [-0.15, -0.1) is 0 Å². The molecule has 1 aliphatic rings. The second-order valence-corrected chi connectivity index (χ2v) is 7.09. The molecule has 0 aromatic carbocycles. The molecule has 0 aliphatic carbocycles. The topological polar surface area (TPSA) is 90.7 Å². The third-order valence-electron chi connectivity index (χ3n) is 4.88. The fourth-order valence-electron chi connectivity index (χ4n) is 3.22. The fourth-order valence-corrected chi connectivity index (χ4v) is 3.22. The first-order chi connectivity index (χ1) is 11.3. The van der Waals surface area contributed by atoms with Crippen LogP contribution in [-0.4, -0.2) is 51.2 Å². The summed E-state index contributed by atoms with van der Waals surface area (Å²) in [7, 11) is 0. The Hall–Kier alpha value is -1.95. The van der Waals surface area contributed by atoms with Crippen LogP contribution in [0.25, 0.3) is 0 Å². The molecule has 1 aromatic heterocycles. The predicted octanol–water partition coefficient (Wildman–Crippen LogP) is 2.10. The van der Waals surface area contributed by atoms with Gasteiger partial charge in [-0.05, 0) is 43.7 Å². The van der Waals surface area contributed by atoms with Crippen LogP contribution in [0.3, 0.4) is 0 Å². The number of aliphatic hydroxyl groups is 1. The van der Waals surface area contributed by atoms with E-state index in [2.05, 4.69) is 4.98 Å². The van der Waals surface area contributed by atoms with Crippen molar-refractivity contribution in [1.29, 1.82) is 0 Å². The molecule has 0 unspecified atom stereocenters. The number of piperidine rings is 1. The highest BCUT2D eigenvalue weighted by atomic mass is 16.4. The molecule has 2 rings (SSSR count). The van der Waals surface area contributed by atoms with Crippen molar-refractivity contribution in [1.82, 2.24) is 9.88 Å². The molecule has 2 heterocycles. The minimum absolute atomic E-state index is 0.0189. The van der Waals surface area contributed by atoms with E-state index in [1.165, 1.54) is 4.90 Å².